The Hall–Kier alpha value is -2.08. The molecule has 3 rings (SSSR count). The smallest absolute Gasteiger partial charge is 0.193 e. The number of para-hydroxylation sites is 1. The van der Waals surface area contributed by atoms with Gasteiger partial charge in [0.2, 0.25) is 0 Å². The van der Waals surface area contributed by atoms with Gasteiger partial charge in [-0.1, -0.05) is 39.0 Å². The fraction of sp³-hybridized carbons (Fsp3) is 0.545. The molecule has 0 spiro atoms. The first kappa shape index (κ1) is 20.6. The summed E-state index contributed by atoms with van der Waals surface area (Å²) < 4.78 is 6.09. The molecule has 1 saturated heterocycles. The van der Waals surface area contributed by atoms with Crippen molar-refractivity contribution in [2.45, 2.75) is 51.6 Å². The second-order valence-electron chi connectivity index (χ2n) is 8.22. The van der Waals surface area contributed by atoms with E-state index in [0.29, 0.717) is 0 Å². The average molecular weight is 401 g/mol. The summed E-state index contributed by atoms with van der Waals surface area (Å²) >= 11 is 1.75. The second-order valence-corrected chi connectivity index (χ2v) is 9.16. The minimum Gasteiger partial charge on any atom is -0.490 e. The van der Waals surface area contributed by atoms with Crippen LogP contribution in [0.3, 0.4) is 0 Å². The number of piperidine rings is 1. The fourth-order valence-electron chi connectivity index (χ4n) is 3.26. The van der Waals surface area contributed by atoms with Crippen molar-refractivity contribution in [2.24, 2.45) is 4.99 Å². The van der Waals surface area contributed by atoms with Crippen molar-refractivity contribution in [3.8, 4) is 5.75 Å². The summed E-state index contributed by atoms with van der Waals surface area (Å²) in [6.45, 7) is 9.39. The van der Waals surface area contributed by atoms with Gasteiger partial charge >= 0.3 is 0 Å². The number of likely N-dealkylation sites (tertiary alicyclic amines) is 1. The lowest BCUT2D eigenvalue weighted by molar-refractivity contribution is 0.129. The maximum absolute atomic E-state index is 6.09. The summed E-state index contributed by atoms with van der Waals surface area (Å²) in [7, 11) is 1.86. The standard InChI is InChI=1S/C22H32N4OS/c1-22(2,3)19-16-28-20(25-19)10-13-24-21(23-4)26-14-11-18(12-15-26)27-17-8-6-5-7-9-17/h5-9,16,18H,10-15H2,1-4H3,(H,23,24). The molecule has 28 heavy (non-hydrogen) atoms. The van der Waals surface area contributed by atoms with E-state index in [1.54, 1.807) is 11.3 Å². The van der Waals surface area contributed by atoms with Crippen LogP contribution in [-0.4, -0.2) is 48.6 Å². The number of nitrogens with one attached hydrogen (secondary N) is 1. The second kappa shape index (κ2) is 9.41. The number of thiazole rings is 1. The highest BCUT2D eigenvalue weighted by atomic mass is 32.1. The molecule has 152 valence electrons. The highest BCUT2D eigenvalue weighted by Gasteiger charge is 2.23. The van der Waals surface area contributed by atoms with Gasteiger partial charge in [0.25, 0.3) is 0 Å². The lowest BCUT2D eigenvalue weighted by atomic mass is 9.93. The van der Waals surface area contributed by atoms with Gasteiger partial charge in [0.1, 0.15) is 11.9 Å². The number of aromatic nitrogens is 1. The highest BCUT2D eigenvalue weighted by molar-refractivity contribution is 7.09. The minimum absolute atomic E-state index is 0.115. The van der Waals surface area contributed by atoms with Crippen LogP contribution in [0.5, 0.6) is 5.75 Å². The molecule has 0 aliphatic carbocycles. The Morgan fingerprint density at radius 1 is 1.25 bits per heavy atom. The van der Waals surface area contributed by atoms with Gasteiger partial charge < -0.3 is 15.0 Å². The fourth-order valence-corrected chi connectivity index (χ4v) is 4.29. The molecule has 6 heteroatoms. The van der Waals surface area contributed by atoms with Crippen LogP contribution >= 0.6 is 11.3 Å². The Kier molecular flexibility index (Phi) is 6.94. The maximum Gasteiger partial charge on any atom is 0.193 e. The van der Waals surface area contributed by atoms with E-state index >= 15 is 0 Å². The molecule has 0 amide bonds. The minimum atomic E-state index is 0.115. The Bertz CT molecular complexity index is 758. The number of guanidine groups is 1. The van der Waals surface area contributed by atoms with Gasteiger partial charge in [-0.25, -0.2) is 4.98 Å². The molecule has 1 aliphatic rings. The summed E-state index contributed by atoms with van der Waals surface area (Å²) in [6.07, 6.45) is 3.23. The van der Waals surface area contributed by atoms with Gasteiger partial charge in [0.15, 0.2) is 5.96 Å². The molecule has 0 unspecified atom stereocenters. The third-order valence-corrected chi connectivity index (χ3v) is 5.85. The molecule has 1 aromatic heterocycles. The normalized spacial score (nSPS) is 16.3. The van der Waals surface area contributed by atoms with Gasteiger partial charge in [-0.3, -0.25) is 4.99 Å². The van der Waals surface area contributed by atoms with Gasteiger partial charge in [-0.05, 0) is 12.1 Å². The van der Waals surface area contributed by atoms with Crippen molar-refractivity contribution in [2.75, 3.05) is 26.7 Å². The summed E-state index contributed by atoms with van der Waals surface area (Å²) in [4.78, 5) is 11.6. The molecule has 5 nitrogen and oxygen atoms in total. The molecule has 2 heterocycles. The van der Waals surface area contributed by atoms with E-state index in [9.17, 15) is 0 Å². The van der Waals surface area contributed by atoms with E-state index in [0.717, 1.165) is 50.6 Å². The van der Waals surface area contributed by atoms with Gasteiger partial charge in [0, 0.05) is 56.7 Å². The summed E-state index contributed by atoms with van der Waals surface area (Å²) in [5.41, 5.74) is 1.29. The van der Waals surface area contributed by atoms with Gasteiger partial charge in [-0.15, -0.1) is 11.3 Å². The Morgan fingerprint density at radius 3 is 2.57 bits per heavy atom. The number of hydrogen-bond acceptors (Lipinski definition) is 4. The van der Waals surface area contributed by atoms with Crippen LogP contribution in [-0.2, 0) is 11.8 Å². The predicted octanol–water partition coefficient (Wildman–Crippen LogP) is 4.10. The maximum atomic E-state index is 6.09. The molecule has 2 aromatic rings. The van der Waals surface area contributed by atoms with E-state index in [-0.39, 0.29) is 11.5 Å². The van der Waals surface area contributed by atoms with Gasteiger partial charge in [-0.2, -0.15) is 0 Å². The third kappa shape index (κ3) is 5.71. The molecule has 0 atom stereocenters. The molecule has 0 radical (unpaired) electrons. The number of aliphatic imine (C=N–C) groups is 1. The number of benzene rings is 1. The first-order chi connectivity index (χ1) is 13.5. The zero-order chi connectivity index (χ0) is 20.0. The molecule has 1 aromatic carbocycles. The van der Waals surface area contributed by atoms with Gasteiger partial charge in [0.05, 0.1) is 10.7 Å². The van der Waals surface area contributed by atoms with E-state index in [4.69, 9.17) is 9.72 Å². The van der Waals surface area contributed by atoms with Crippen LogP contribution in [0.4, 0.5) is 0 Å². The Morgan fingerprint density at radius 2 is 1.96 bits per heavy atom. The monoisotopic (exact) mass is 400 g/mol. The van der Waals surface area contributed by atoms with E-state index in [1.165, 1.54) is 10.7 Å². The lowest BCUT2D eigenvalue weighted by Gasteiger charge is -2.34. The average Bonchev–Trinajstić information content (AvgIpc) is 3.16. The van der Waals surface area contributed by atoms with Crippen molar-refractivity contribution in [1.29, 1.82) is 0 Å². The van der Waals surface area contributed by atoms with Crippen molar-refractivity contribution < 1.29 is 4.74 Å². The molecule has 0 bridgehead atoms. The predicted molar refractivity (Wildman–Crippen MR) is 118 cm³/mol. The topological polar surface area (TPSA) is 49.8 Å². The molecular formula is C22H32N4OS. The zero-order valence-corrected chi connectivity index (χ0v) is 18.3. The first-order valence-electron chi connectivity index (χ1n) is 10.1. The third-order valence-electron chi connectivity index (χ3n) is 4.94. The Balaban J connectivity index is 1.43. The SMILES string of the molecule is CN=C(NCCc1nc(C(C)(C)C)cs1)N1CCC(Oc2ccccc2)CC1. The van der Waals surface area contributed by atoms with E-state index < -0.39 is 0 Å². The van der Waals surface area contributed by atoms with E-state index in [2.05, 4.69) is 41.4 Å². The molecule has 1 fully saturated rings. The number of hydrogen-bond donors (Lipinski definition) is 1. The summed E-state index contributed by atoms with van der Waals surface area (Å²) in [6, 6.07) is 10.1. The summed E-state index contributed by atoms with van der Waals surface area (Å²) in [5.74, 6) is 1.94. The lowest BCUT2D eigenvalue weighted by Crippen LogP contribution is -2.47. The van der Waals surface area contributed by atoms with Crippen molar-refractivity contribution in [3.05, 3.63) is 46.4 Å². The van der Waals surface area contributed by atoms with Crippen LogP contribution in [0.1, 0.15) is 44.3 Å². The number of nitrogens with zero attached hydrogens (tertiary/aromatic N) is 3. The van der Waals surface area contributed by atoms with Crippen LogP contribution in [0.25, 0.3) is 0 Å². The highest BCUT2D eigenvalue weighted by Crippen LogP contribution is 2.24. The van der Waals surface area contributed by atoms with Crippen molar-refractivity contribution >= 4 is 17.3 Å². The molecule has 1 N–H and O–H groups in total. The zero-order valence-electron chi connectivity index (χ0n) is 17.4. The van der Waals surface area contributed by atoms with Crippen molar-refractivity contribution in [1.82, 2.24) is 15.2 Å². The van der Waals surface area contributed by atoms with Crippen LogP contribution in [0.2, 0.25) is 0 Å². The van der Waals surface area contributed by atoms with Crippen LogP contribution < -0.4 is 10.1 Å². The number of ether oxygens (including phenoxy) is 1. The van der Waals surface area contributed by atoms with E-state index in [1.807, 2.05) is 37.4 Å². The summed E-state index contributed by atoms with van der Waals surface area (Å²) in [5, 5.41) is 6.87. The van der Waals surface area contributed by atoms with Crippen molar-refractivity contribution in [3.63, 3.8) is 0 Å². The molecule has 1 aliphatic heterocycles. The number of rotatable bonds is 5. The first-order valence-corrected chi connectivity index (χ1v) is 11.0. The molecule has 0 saturated carbocycles. The van der Waals surface area contributed by atoms with Crippen LogP contribution in [0, 0.1) is 0 Å². The van der Waals surface area contributed by atoms with Crippen LogP contribution in [0.15, 0.2) is 40.7 Å². The largest absolute Gasteiger partial charge is 0.490 e. The Labute approximate surface area is 172 Å². The molecular weight excluding hydrogens is 368 g/mol. The quantitative estimate of drug-likeness (QED) is 0.606.